The zero-order valence-electron chi connectivity index (χ0n) is 11.5. The van der Waals surface area contributed by atoms with Crippen molar-refractivity contribution in [2.75, 3.05) is 31.7 Å². The molecule has 100 valence electrons. The maximum atomic E-state index is 5.12. The summed E-state index contributed by atoms with van der Waals surface area (Å²) in [4.78, 5) is 2.51. The summed E-state index contributed by atoms with van der Waals surface area (Å²) < 4.78 is 5.12. The number of anilines is 1. The van der Waals surface area contributed by atoms with Crippen molar-refractivity contribution in [2.45, 2.75) is 32.4 Å². The van der Waals surface area contributed by atoms with Gasteiger partial charge in [0, 0.05) is 45.1 Å². The minimum Gasteiger partial charge on any atom is -0.385 e. The Morgan fingerprint density at radius 2 is 2.17 bits per heavy atom. The predicted molar refractivity (Wildman–Crippen MR) is 76.1 cm³/mol. The van der Waals surface area contributed by atoms with Gasteiger partial charge in [0.2, 0.25) is 0 Å². The molecule has 0 amide bonds. The second kappa shape index (κ2) is 6.76. The van der Waals surface area contributed by atoms with Crippen LogP contribution >= 0.6 is 0 Å². The summed E-state index contributed by atoms with van der Waals surface area (Å²) in [6.45, 7) is 6.31. The van der Waals surface area contributed by atoms with E-state index in [-0.39, 0.29) is 0 Å². The normalized spacial score (nSPS) is 19.4. The van der Waals surface area contributed by atoms with Crippen LogP contribution in [0.4, 0.5) is 5.69 Å². The number of nitrogens with zero attached hydrogens (tertiary/aromatic N) is 1. The zero-order chi connectivity index (χ0) is 12.8. The molecule has 0 bridgehead atoms. The molecular formula is C15H24N2O. The van der Waals surface area contributed by atoms with E-state index in [1.807, 2.05) is 0 Å². The molecule has 0 saturated heterocycles. The van der Waals surface area contributed by atoms with Crippen LogP contribution in [0.2, 0.25) is 0 Å². The van der Waals surface area contributed by atoms with Gasteiger partial charge >= 0.3 is 0 Å². The summed E-state index contributed by atoms with van der Waals surface area (Å²) in [5.41, 5.74) is 2.81. The number of nitrogens with one attached hydrogen (secondary N) is 1. The summed E-state index contributed by atoms with van der Waals surface area (Å²) in [7, 11) is 1.77. The van der Waals surface area contributed by atoms with Crippen LogP contribution in [0, 0.1) is 0 Å². The Morgan fingerprint density at radius 3 is 3.00 bits per heavy atom. The van der Waals surface area contributed by atoms with Crippen molar-refractivity contribution in [2.24, 2.45) is 0 Å². The number of methoxy groups -OCH3 is 1. The second-order valence-corrected chi connectivity index (χ2v) is 5.06. The van der Waals surface area contributed by atoms with Crippen molar-refractivity contribution in [1.82, 2.24) is 5.32 Å². The standard InChI is InChI=1S/C15H24N2O/c1-13-12-17(9-5-6-10-18-2)15-8-4-3-7-14(15)11-16-13/h3-4,7-8,13,16H,5-6,9-12H2,1-2H3. The number of hydrogen-bond acceptors (Lipinski definition) is 3. The molecule has 0 fully saturated rings. The van der Waals surface area contributed by atoms with Crippen molar-refractivity contribution in [1.29, 1.82) is 0 Å². The molecule has 3 nitrogen and oxygen atoms in total. The van der Waals surface area contributed by atoms with E-state index >= 15 is 0 Å². The molecule has 0 saturated carbocycles. The van der Waals surface area contributed by atoms with Crippen molar-refractivity contribution in [3.8, 4) is 0 Å². The molecule has 0 aliphatic carbocycles. The van der Waals surface area contributed by atoms with Crippen molar-refractivity contribution in [3.63, 3.8) is 0 Å². The minimum absolute atomic E-state index is 0.542. The van der Waals surface area contributed by atoms with Gasteiger partial charge in [-0.15, -0.1) is 0 Å². The van der Waals surface area contributed by atoms with Crippen molar-refractivity contribution in [3.05, 3.63) is 29.8 Å². The molecule has 0 radical (unpaired) electrons. The second-order valence-electron chi connectivity index (χ2n) is 5.06. The Kier molecular flexibility index (Phi) is 5.02. The van der Waals surface area contributed by atoms with Gasteiger partial charge in [0.25, 0.3) is 0 Å². The topological polar surface area (TPSA) is 24.5 Å². The average Bonchev–Trinajstić information content (AvgIpc) is 2.55. The lowest BCUT2D eigenvalue weighted by molar-refractivity contribution is 0.193. The van der Waals surface area contributed by atoms with E-state index in [4.69, 9.17) is 4.74 Å². The molecule has 0 spiro atoms. The molecule has 18 heavy (non-hydrogen) atoms. The monoisotopic (exact) mass is 248 g/mol. The lowest BCUT2D eigenvalue weighted by atomic mass is 10.1. The number of benzene rings is 1. The Hall–Kier alpha value is -1.06. The molecule has 3 heteroatoms. The molecule has 1 aliphatic rings. The number of hydrogen-bond donors (Lipinski definition) is 1. The van der Waals surface area contributed by atoms with Gasteiger partial charge in [-0.2, -0.15) is 0 Å². The number of rotatable bonds is 5. The third-order valence-corrected chi connectivity index (χ3v) is 3.49. The fraction of sp³-hybridized carbons (Fsp3) is 0.600. The molecule has 2 rings (SSSR count). The molecule has 0 aromatic heterocycles. The lowest BCUT2D eigenvalue weighted by Crippen LogP contribution is -2.36. The molecule has 1 heterocycles. The number of fused-ring (bicyclic) bond motifs is 1. The smallest absolute Gasteiger partial charge is 0.0462 e. The van der Waals surface area contributed by atoms with Gasteiger partial charge in [0.1, 0.15) is 0 Å². The summed E-state index contributed by atoms with van der Waals surface area (Å²) in [6.07, 6.45) is 2.33. The molecule has 1 aromatic carbocycles. The predicted octanol–water partition coefficient (Wildman–Crippen LogP) is 2.41. The lowest BCUT2D eigenvalue weighted by Gasteiger charge is -2.26. The van der Waals surface area contributed by atoms with Crippen LogP contribution in [0.3, 0.4) is 0 Å². The van der Waals surface area contributed by atoms with Crippen LogP contribution < -0.4 is 10.2 Å². The van der Waals surface area contributed by atoms with Crippen molar-refractivity contribution < 1.29 is 4.74 Å². The highest BCUT2D eigenvalue weighted by atomic mass is 16.5. The summed E-state index contributed by atoms with van der Waals surface area (Å²) in [5, 5.41) is 3.57. The summed E-state index contributed by atoms with van der Waals surface area (Å²) >= 11 is 0. The minimum atomic E-state index is 0.542. The first-order valence-corrected chi connectivity index (χ1v) is 6.86. The Bertz CT molecular complexity index is 367. The highest BCUT2D eigenvalue weighted by Gasteiger charge is 2.17. The highest BCUT2D eigenvalue weighted by molar-refractivity contribution is 5.54. The van der Waals surface area contributed by atoms with E-state index in [1.165, 1.54) is 17.7 Å². The first-order chi connectivity index (χ1) is 8.81. The zero-order valence-corrected chi connectivity index (χ0v) is 11.5. The van der Waals surface area contributed by atoms with Crippen LogP contribution in [0.1, 0.15) is 25.3 Å². The van der Waals surface area contributed by atoms with Crippen LogP contribution in [0.15, 0.2) is 24.3 Å². The van der Waals surface area contributed by atoms with Crippen LogP contribution in [-0.2, 0) is 11.3 Å². The SMILES string of the molecule is COCCCCN1CC(C)NCc2ccccc21. The highest BCUT2D eigenvalue weighted by Crippen LogP contribution is 2.23. The first kappa shape index (κ1) is 13.4. The Morgan fingerprint density at radius 1 is 1.33 bits per heavy atom. The molecule has 1 aliphatic heterocycles. The number of ether oxygens (including phenoxy) is 1. The molecule has 1 atom stereocenters. The van der Waals surface area contributed by atoms with Crippen LogP contribution in [0.25, 0.3) is 0 Å². The van der Waals surface area contributed by atoms with Crippen LogP contribution in [-0.4, -0.2) is 32.8 Å². The number of unbranched alkanes of at least 4 members (excludes halogenated alkanes) is 1. The van der Waals surface area contributed by atoms with Gasteiger partial charge in [-0.05, 0) is 31.4 Å². The largest absolute Gasteiger partial charge is 0.385 e. The van der Waals surface area contributed by atoms with Crippen LogP contribution in [0.5, 0.6) is 0 Å². The van der Waals surface area contributed by atoms with Gasteiger partial charge < -0.3 is 15.0 Å². The molecule has 1 N–H and O–H groups in total. The van der Waals surface area contributed by atoms with E-state index in [0.717, 1.165) is 32.7 Å². The molecule has 1 aromatic rings. The van der Waals surface area contributed by atoms with E-state index in [0.29, 0.717) is 6.04 Å². The van der Waals surface area contributed by atoms with Gasteiger partial charge in [-0.25, -0.2) is 0 Å². The quantitative estimate of drug-likeness (QED) is 0.810. The van der Waals surface area contributed by atoms with E-state index in [2.05, 4.69) is 41.4 Å². The van der Waals surface area contributed by atoms with E-state index in [9.17, 15) is 0 Å². The molecular weight excluding hydrogens is 224 g/mol. The van der Waals surface area contributed by atoms with Gasteiger partial charge in [0.15, 0.2) is 0 Å². The van der Waals surface area contributed by atoms with Crippen molar-refractivity contribution >= 4 is 5.69 Å². The summed E-state index contributed by atoms with van der Waals surface area (Å²) in [6, 6.07) is 9.27. The number of para-hydroxylation sites is 1. The van der Waals surface area contributed by atoms with Gasteiger partial charge in [-0.3, -0.25) is 0 Å². The third-order valence-electron chi connectivity index (χ3n) is 3.49. The van der Waals surface area contributed by atoms with Gasteiger partial charge in [0.05, 0.1) is 0 Å². The molecule has 1 unspecified atom stereocenters. The summed E-state index contributed by atoms with van der Waals surface area (Å²) in [5.74, 6) is 0. The Labute approximate surface area is 110 Å². The van der Waals surface area contributed by atoms with E-state index in [1.54, 1.807) is 7.11 Å². The fourth-order valence-corrected chi connectivity index (χ4v) is 2.51. The van der Waals surface area contributed by atoms with E-state index < -0.39 is 0 Å². The fourth-order valence-electron chi connectivity index (χ4n) is 2.51. The first-order valence-electron chi connectivity index (χ1n) is 6.86. The van der Waals surface area contributed by atoms with Gasteiger partial charge in [-0.1, -0.05) is 18.2 Å². The Balaban J connectivity index is 2.02. The maximum Gasteiger partial charge on any atom is 0.0462 e. The third kappa shape index (κ3) is 3.47. The maximum absolute atomic E-state index is 5.12. The average molecular weight is 248 g/mol.